The number of carbonyl (C=O) groups is 1. The van der Waals surface area contributed by atoms with Gasteiger partial charge in [-0.1, -0.05) is 36.9 Å². The number of carbonyl (C=O) groups excluding carboxylic acids is 1. The van der Waals surface area contributed by atoms with Gasteiger partial charge >= 0.3 is 0 Å². The van der Waals surface area contributed by atoms with Crippen molar-refractivity contribution in [3.05, 3.63) is 21.4 Å². The Hall–Kier alpha value is -1.94. The zero-order chi connectivity index (χ0) is 16.8. The maximum atomic E-state index is 12.3. The van der Waals surface area contributed by atoms with Crippen molar-refractivity contribution in [2.45, 2.75) is 43.5 Å². The summed E-state index contributed by atoms with van der Waals surface area (Å²) in [6, 6.07) is 1.20. The fraction of sp³-hybridized carbons (Fsp3) is 0.462. The van der Waals surface area contributed by atoms with Crippen LogP contribution in [0.3, 0.4) is 0 Å². The molecule has 1 amide bonds. The highest BCUT2D eigenvalue weighted by Gasteiger charge is 2.21. The van der Waals surface area contributed by atoms with Gasteiger partial charge in [0.15, 0.2) is 5.16 Å². The molecule has 2 rings (SSSR count). The Kier molecular flexibility index (Phi) is 6.11. The smallest absolute Gasteiger partial charge is 0.253 e. The second kappa shape index (κ2) is 8.06. The molecule has 0 aliphatic heterocycles. The molecule has 0 aliphatic carbocycles. The molecule has 0 aromatic carbocycles. The van der Waals surface area contributed by atoms with Crippen LogP contribution < -0.4 is 16.6 Å². The summed E-state index contributed by atoms with van der Waals surface area (Å²) < 4.78 is 0. The number of nitrogen functional groups attached to an aromatic ring is 1. The summed E-state index contributed by atoms with van der Waals surface area (Å²) in [5.74, 6) is -0.0818. The number of nitrogens with zero attached hydrogens (tertiary/aromatic N) is 3. The summed E-state index contributed by atoms with van der Waals surface area (Å²) in [5.41, 5.74) is 5.20. The highest BCUT2D eigenvalue weighted by Crippen LogP contribution is 2.24. The van der Waals surface area contributed by atoms with Crippen molar-refractivity contribution >= 4 is 40.0 Å². The minimum absolute atomic E-state index is 0.125. The second-order valence-electron chi connectivity index (χ2n) is 4.73. The molecule has 8 nitrogen and oxygen atoms in total. The van der Waals surface area contributed by atoms with Crippen LogP contribution in [0.2, 0.25) is 0 Å². The van der Waals surface area contributed by atoms with E-state index >= 15 is 0 Å². The normalized spacial score (nSPS) is 12.1. The van der Waals surface area contributed by atoms with Gasteiger partial charge in [0.2, 0.25) is 11.0 Å². The number of nitrogens with two attached hydrogens (primary N) is 1. The maximum absolute atomic E-state index is 12.3. The molecule has 10 heteroatoms. The van der Waals surface area contributed by atoms with Gasteiger partial charge in [-0.05, 0) is 12.8 Å². The predicted octanol–water partition coefficient (Wildman–Crippen LogP) is 1.67. The average molecular weight is 354 g/mol. The average Bonchev–Trinajstić information content (AvgIpc) is 2.91. The van der Waals surface area contributed by atoms with E-state index in [2.05, 4.69) is 32.4 Å². The molecule has 0 unspecified atom stereocenters. The molecule has 2 aromatic heterocycles. The molecule has 0 fully saturated rings. The lowest BCUT2D eigenvalue weighted by atomic mass is 10.3. The standard InChI is InChI=1S/C13H18N6O2S2/c1-3-5-10-18-19-13(23-10)17-11(21)7(4-2)22-12-15-8(14)6-9(20)16-12/h6-7H,3-5H2,1-2H3,(H,17,19,21)(H3,14,15,16,20)/t7-/m1/s1. The van der Waals surface area contributed by atoms with Gasteiger partial charge in [0.1, 0.15) is 10.8 Å². The molecule has 0 bridgehead atoms. The number of hydrogen-bond donors (Lipinski definition) is 3. The van der Waals surface area contributed by atoms with E-state index in [0.717, 1.165) is 29.6 Å². The number of hydrogen-bond acceptors (Lipinski definition) is 8. The molecule has 0 aliphatic rings. The zero-order valence-corrected chi connectivity index (χ0v) is 14.5. The van der Waals surface area contributed by atoms with Gasteiger partial charge in [-0.15, -0.1) is 10.2 Å². The third-order valence-corrected chi connectivity index (χ3v) is 4.96. The largest absolute Gasteiger partial charge is 0.383 e. The van der Waals surface area contributed by atoms with Crippen molar-refractivity contribution in [1.29, 1.82) is 0 Å². The van der Waals surface area contributed by atoms with E-state index < -0.39 is 5.25 Å². The van der Waals surface area contributed by atoms with Gasteiger partial charge in [0.05, 0.1) is 5.25 Å². The molecule has 23 heavy (non-hydrogen) atoms. The molecular weight excluding hydrogens is 336 g/mol. The van der Waals surface area contributed by atoms with E-state index in [-0.39, 0.29) is 17.3 Å². The van der Waals surface area contributed by atoms with Crippen LogP contribution >= 0.6 is 23.1 Å². The summed E-state index contributed by atoms with van der Waals surface area (Å²) in [7, 11) is 0. The van der Waals surface area contributed by atoms with Crippen molar-refractivity contribution in [3.8, 4) is 0 Å². The number of H-pyrrole nitrogens is 1. The number of thioether (sulfide) groups is 1. The van der Waals surface area contributed by atoms with Gasteiger partial charge < -0.3 is 10.7 Å². The molecule has 124 valence electrons. The fourth-order valence-electron chi connectivity index (χ4n) is 1.77. The quantitative estimate of drug-likeness (QED) is 0.510. The molecule has 0 spiro atoms. The Bertz CT molecular complexity index is 729. The van der Waals surface area contributed by atoms with E-state index in [0.29, 0.717) is 16.7 Å². The van der Waals surface area contributed by atoms with E-state index in [4.69, 9.17) is 5.73 Å². The molecule has 2 heterocycles. The Morgan fingerprint density at radius 2 is 2.26 bits per heavy atom. The van der Waals surface area contributed by atoms with Gasteiger partial charge in [-0.2, -0.15) is 0 Å². The first-order valence-corrected chi connectivity index (χ1v) is 8.88. The Morgan fingerprint density at radius 1 is 1.48 bits per heavy atom. The van der Waals surface area contributed by atoms with Crippen molar-refractivity contribution in [2.75, 3.05) is 11.1 Å². The van der Waals surface area contributed by atoms with Crippen LogP contribution in [-0.2, 0) is 11.2 Å². The monoisotopic (exact) mass is 354 g/mol. The first-order valence-electron chi connectivity index (χ1n) is 7.18. The van der Waals surface area contributed by atoms with Crippen LogP contribution in [0, 0.1) is 0 Å². The summed E-state index contributed by atoms with van der Waals surface area (Å²) in [5, 5.41) is 12.0. The third-order valence-electron chi connectivity index (χ3n) is 2.82. The van der Waals surface area contributed by atoms with Gasteiger partial charge in [0.25, 0.3) is 5.56 Å². The first kappa shape index (κ1) is 17.4. The summed E-state index contributed by atoms with van der Waals surface area (Å²) >= 11 is 2.53. The maximum Gasteiger partial charge on any atom is 0.253 e. The molecular formula is C13H18N6O2S2. The second-order valence-corrected chi connectivity index (χ2v) is 6.98. The zero-order valence-electron chi connectivity index (χ0n) is 12.8. The Labute approximate surface area is 141 Å². The molecule has 0 saturated heterocycles. The van der Waals surface area contributed by atoms with E-state index in [1.54, 1.807) is 0 Å². The molecule has 0 saturated carbocycles. The van der Waals surface area contributed by atoms with Gasteiger partial charge in [-0.3, -0.25) is 14.9 Å². The van der Waals surface area contributed by atoms with Crippen molar-refractivity contribution < 1.29 is 4.79 Å². The summed E-state index contributed by atoms with van der Waals surface area (Å²) in [4.78, 5) is 30.3. The number of aromatic nitrogens is 4. The van der Waals surface area contributed by atoms with Crippen LogP contribution in [0.4, 0.5) is 10.9 Å². The molecule has 2 aromatic rings. The topological polar surface area (TPSA) is 127 Å². The molecule has 4 N–H and O–H groups in total. The van der Waals surface area contributed by atoms with Crippen LogP contribution in [0.1, 0.15) is 31.7 Å². The van der Waals surface area contributed by atoms with E-state index in [1.807, 2.05) is 6.92 Å². The Balaban J connectivity index is 2.04. The van der Waals surface area contributed by atoms with E-state index in [1.165, 1.54) is 17.4 Å². The minimum atomic E-state index is -0.418. The highest BCUT2D eigenvalue weighted by molar-refractivity contribution is 8.00. The number of amides is 1. The minimum Gasteiger partial charge on any atom is -0.383 e. The van der Waals surface area contributed by atoms with Crippen LogP contribution in [0.25, 0.3) is 0 Å². The summed E-state index contributed by atoms with van der Waals surface area (Å²) in [6.45, 7) is 3.94. The van der Waals surface area contributed by atoms with Crippen molar-refractivity contribution in [2.24, 2.45) is 0 Å². The Morgan fingerprint density at radius 3 is 2.91 bits per heavy atom. The van der Waals surface area contributed by atoms with Crippen molar-refractivity contribution in [1.82, 2.24) is 20.2 Å². The lowest BCUT2D eigenvalue weighted by Gasteiger charge is -2.12. The summed E-state index contributed by atoms with van der Waals surface area (Å²) in [6.07, 6.45) is 2.38. The number of nitrogens with one attached hydrogen (secondary N) is 2. The van der Waals surface area contributed by atoms with Gasteiger partial charge in [-0.25, -0.2) is 4.98 Å². The highest BCUT2D eigenvalue weighted by atomic mass is 32.2. The molecule has 0 radical (unpaired) electrons. The number of rotatable bonds is 7. The number of anilines is 2. The number of aromatic amines is 1. The number of aryl methyl sites for hydroxylation is 1. The van der Waals surface area contributed by atoms with Crippen LogP contribution in [0.5, 0.6) is 0 Å². The van der Waals surface area contributed by atoms with Crippen LogP contribution in [-0.4, -0.2) is 31.3 Å². The predicted molar refractivity (Wildman–Crippen MR) is 91.7 cm³/mol. The first-order chi connectivity index (χ1) is 11.0. The lowest BCUT2D eigenvalue weighted by Crippen LogP contribution is -2.25. The SMILES string of the molecule is CCCc1nnc(NC(=O)[C@@H](CC)Sc2nc(N)cc(=O)[nH]2)s1. The van der Waals surface area contributed by atoms with Crippen LogP contribution in [0.15, 0.2) is 16.0 Å². The van der Waals surface area contributed by atoms with E-state index in [9.17, 15) is 9.59 Å². The molecule has 1 atom stereocenters. The van der Waals surface area contributed by atoms with Gasteiger partial charge in [0, 0.05) is 12.5 Å². The van der Waals surface area contributed by atoms with Crippen molar-refractivity contribution in [3.63, 3.8) is 0 Å². The fourth-order valence-corrected chi connectivity index (χ4v) is 3.54. The lowest BCUT2D eigenvalue weighted by molar-refractivity contribution is -0.115. The third kappa shape index (κ3) is 5.03.